The van der Waals surface area contributed by atoms with E-state index >= 15 is 0 Å². The molecule has 4 heteroatoms. The van der Waals surface area contributed by atoms with Gasteiger partial charge in [0.05, 0.1) is 0 Å². The Morgan fingerprint density at radius 3 is 3.00 bits per heavy atom. The summed E-state index contributed by atoms with van der Waals surface area (Å²) in [6.07, 6.45) is 2.56. The molecule has 3 nitrogen and oxygen atoms in total. The molecule has 0 aliphatic rings. The van der Waals surface area contributed by atoms with Crippen molar-refractivity contribution in [2.24, 2.45) is 0 Å². The molecule has 0 aliphatic carbocycles. The summed E-state index contributed by atoms with van der Waals surface area (Å²) in [4.78, 5) is 12.9. The van der Waals surface area contributed by atoms with Gasteiger partial charge in [-0.05, 0) is 37.8 Å². The van der Waals surface area contributed by atoms with Gasteiger partial charge in [0.25, 0.3) is 0 Å². The third-order valence-electron chi connectivity index (χ3n) is 2.57. The third-order valence-corrected chi connectivity index (χ3v) is 3.50. The second kappa shape index (κ2) is 8.25. The van der Waals surface area contributed by atoms with Crippen LogP contribution in [0.25, 0.3) is 0 Å². The van der Waals surface area contributed by atoms with E-state index in [1.165, 1.54) is 4.88 Å². The largest absolute Gasteiger partial charge is 0.355 e. The SMILES string of the molecule is CCN[C@H](C)CNC(=O)CCCc1cccs1. The number of nitrogens with one attached hydrogen (secondary N) is 2. The minimum atomic E-state index is 0.159. The fourth-order valence-corrected chi connectivity index (χ4v) is 2.41. The molecular weight excluding hydrogens is 232 g/mol. The predicted molar refractivity (Wildman–Crippen MR) is 73.4 cm³/mol. The molecule has 0 unspecified atom stereocenters. The van der Waals surface area contributed by atoms with Crippen LogP contribution in [-0.2, 0) is 11.2 Å². The number of likely N-dealkylation sites (N-methyl/N-ethyl adjacent to an activating group) is 1. The molecule has 0 bridgehead atoms. The first-order chi connectivity index (χ1) is 8.22. The molecule has 1 rings (SSSR count). The van der Waals surface area contributed by atoms with Crippen molar-refractivity contribution < 1.29 is 4.79 Å². The van der Waals surface area contributed by atoms with Gasteiger partial charge in [-0.25, -0.2) is 0 Å². The van der Waals surface area contributed by atoms with Crippen LogP contribution < -0.4 is 10.6 Å². The van der Waals surface area contributed by atoms with Gasteiger partial charge in [-0.3, -0.25) is 4.79 Å². The van der Waals surface area contributed by atoms with Gasteiger partial charge >= 0.3 is 0 Å². The van der Waals surface area contributed by atoms with E-state index in [-0.39, 0.29) is 5.91 Å². The van der Waals surface area contributed by atoms with Crippen molar-refractivity contribution in [2.45, 2.75) is 39.2 Å². The molecule has 1 aromatic heterocycles. The Labute approximate surface area is 108 Å². The Morgan fingerprint density at radius 1 is 1.53 bits per heavy atom. The van der Waals surface area contributed by atoms with E-state index in [0.29, 0.717) is 19.0 Å². The van der Waals surface area contributed by atoms with Crippen LogP contribution in [0.5, 0.6) is 0 Å². The molecule has 0 fully saturated rings. The van der Waals surface area contributed by atoms with Crippen LogP contribution in [0.1, 0.15) is 31.6 Å². The maximum atomic E-state index is 11.5. The number of carbonyl (C=O) groups is 1. The zero-order valence-corrected chi connectivity index (χ0v) is 11.5. The summed E-state index contributed by atoms with van der Waals surface area (Å²) in [6, 6.07) is 4.52. The maximum Gasteiger partial charge on any atom is 0.220 e. The molecule has 96 valence electrons. The zero-order chi connectivity index (χ0) is 12.5. The standard InChI is InChI=1S/C13H22N2OS/c1-3-14-11(2)10-15-13(16)8-4-6-12-7-5-9-17-12/h5,7,9,11,14H,3-4,6,8,10H2,1-2H3,(H,15,16)/t11-/m1/s1. The van der Waals surface area contributed by atoms with Crippen molar-refractivity contribution in [3.63, 3.8) is 0 Å². The summed E-state index contributed by atoms with van der Waals surface area (Å²) in [7, 11) is 0. The summed E-state index contributed by atoms with van der Waals surface area (Å²) in [5.74, 6) is 0.159. The molecule has 2 N–H and O–H groups in total. The third kappa shape index (κ3) is 6.44. The van der Waals surface area contributed by atoms with E-state index in [1.807, 2.05) is 0 Å². The molecule has 0 radical (unpaired) electrons. The molecule has 0 aromatic carbocycles. The Bertz CT molecular complexity index is 311. The molecule has 0 spiro atoms. The number of rotatable bonds is 8. The summed E-state index contributed by atoms with van der Waals surface area (Å²) >= 11 is 1.76. The first kappa shape index (κ1) is 14.2. The van der Waals surface area contributed by atoms with Crippen LogP contribution in [-0.4, -0.2) is 25.0 Å². The van der Waals surface area contributed by atoms with E-state index in [1.54, 1.807) is 11.3 Å². The molecular formula is C13H22N2OS. The molecule has 1 amide bonds. The lowest BCUT2D eigenvalue weighted by Crippen LogP contribution is -2.38. The molecule has 1 aromatic rings. The maximum absolute atomic E-state index is 11.5. The lowest BCUT2D eigenvalue weighted by molar-refractivity contribution is -0.121. The van der Waals surface area contributed by atoms with E-state index in [0.717, 1.165) is 19.4 Å². The molecule has 1 heterocycles. The second-order valence-electron chi connectivity index (χ2n) is 4.20. The fraction of sp³-hybridized carbons (Fsp3) is 0.615. The minimum absolute atomic E-state index is 0.159. The monoisotopic (exact) mass is 254 g/mol. The first-order valence-electron chi connectivity index (χ1n) is 6.24. The van der Waals surface area contributed by atoms with Gasteiger partial charge < -0.3 is 10.6 Å². The Morgan fingerprint density at radius 2 is 2.35 bits per heavy atom. The summed E-state index contributed by atoms with van der Waals surface area (Å²) < 4.78 is 0. The van der Waals surface area contributed by atoms with Gasteiger partial charge in [0.1, 0.15) is 0 Å². The van der Waals surface area contributed by atoms with E-state index in [4.69, 9.17) is 0 Å². The van der Waals surface area contributed by atoms with Gasteiger partial charge in [-0.2, -0.15) is 0 Å². The highest BCUT2D eigenvalue weighted by molar-refractivity contribution is 7.09. The van der Waals surface area contributed by atoms with Crippen molar-refractivity contribution in [3.05, 3.63) is 22.4 Å². The number of carbonyl (C=O) groups excluding carboxylic acids is 1. The van der Waals surface area contributed by atoms with E-state index in [2.05, 4.69) is 42.0 Å². The number of hydrogen-bond acceptors (Lipinski definition) is 3. The Kier molecular flexibility index (Phi) is 6.89. The van der Waals surface area contributed by atoms with Gasteiger partial charge in [-0.1, -0.05) is 13.0 Å². The highest BCUT2D eigenvalue weighted by Gasteiger charge is 2.04. The normalized spacial score (nSPS) is 12.4. The van der Waals surface area contributed by atoms with Crippen LogP contribution >= 0.6 is 11.3 Å². The molecule has 0 saturated carbocycles. The molecule has 1 atom stereocenters. The number of thiophene rings is 1. The highest BCUT2D eigenvalue weighted by Crippen LogP contribution is 2.11. The van der Waals surface area contributed by atoms with Crippen LogP contribution in [0, 0.1) is 0 Å². The lowest BCUT2D eigenvalue weighted by atomic mass is 10.2. The Balaban J connectivity index is 2.05. The second-order valence-corrected chi connectivity index (χ2v) is 5.23. The summed E-state index contributed by atoms with van der Waals surface area (Å²) in [6.45, 7) is 5.80. The quantitative estimate of drug-likeness (QED) is 0.746. The molecule has 0 saturated heterocycles. The minimum Gasteiger partial charge on any atom is -0.355 e. The van der Waals surface area contributed by atoms with Gasteiger partial charge in [-0.15, -0.1) is 11.3 Å². The van der Waals surface area contributed by atoms with Crippen molar-refractivity contribution >= 4 is 17.2 Å². The summed E-state index contributed by atoms with van der Waals surface area (Å²) in [5, 5.41) is 8.29. The zero-order valence-electron chi connectivity index (χ0n) is 10.7. The highest BCUT2D eigenvalue weighted by atomic mass is 32.1. The average Bonchev–Trinajstić information content (AvgIpc) is 2.80. The van der Waals surface area contributed by atoms with E-state index in [9.17, 15) is 4.79 Å². The van der Waals surface area contributed by atoms with Crippen molar-refractivity contribution in [1.29, 1.82) is 0 Å². The van der Waals surface area contributed by atoms with E-state index < -0.39 is 0 Å². The lowest BCUT2D eigenvalue weighted by Gasteiger charge is -2.12. The van der Waals surface area contributed by atoms with Crippen LogP contribution in [0.15, 0.2) is 17.5 Å². The summed E-state index contributed by atoms with van der Waals surface area (Å²) in [5.41, 5.74) is 0. The van der Waals surface area contributed by atoms with Crippen molar-refractivity contribution in [3.8, 4) is 0 Å². The topological polar surface area (TPSA) is 41.1 Å². The number of amides is 1. The van der Waals surface area contributed by atoms with Gasteiger partial charge in [0, 0.05) is 23.9 Å². The fourth-order valence-electron chi connectivity index (χ4n) is 1.65. The smallest absolute Gasteiger partial charge is 0.220 e. The average molecular weight is 254 g/mol. The van der Waals surface area contributed by atoms with Crippen LogP contribution in [0.4, 0.5) is 0 Å². The van der Waals surface area contributed by atoms with Gasteiger partial charge in [0.2, 0.25) is 5.91 Å². The predicted octanol–water partition coefficient (Wildman–Crippen LogP) is 2.18. The Hall–Kier alpha value is -0.870. The molecule has 17 heavy (non-hydrogen) atoms. The number of hydrogen-bond donors (Lipinski definition) is 2. The molecule has 0 aliphatic heterocycles. The van der Waals surface area contributed by atoms with Crippen LogP contribution in [0.3, 0.4) is 0 Å². The number of aryl methyl sites for hydroxylation is 1. The van der Waals surface area contributed by atoms with Crippen molar-refractivity contribution in [2.75, 3.05) is 13.1 Å². The van der Waals surface area contributed by atoms with Crippen molar-refractivity contribution in [1.82, 2.24) is 10.6 Å². The van der Waals surface area contributed by atoms with Crippen LogP contribution in [0.2, 0.25) is 0 Å². The first-order valence-corrected chi connectivity index (χ1v) is 7.12. The van der Waals surface area contributed by atoms with Gasteiger partial charge in [0.15, 0.2) is 0 Å².